The van der Waals surface area contributed by atoms with E-state index in [0.717, 1.165) is 55.5 Å². The molecular formula is C18H23BrN4O3. The van der Waals surface area contributed by atoms with E-state index in [2.05, 4.69) is 30.8 Å². The predicted octanol–water partition coefficient (Wildman–Crippen LogP) is 1.88. The van der Waals surface area contributed by atoms with Gasteiger partial charge in [0.05, 0.1) is 26.1 Å². The maximum absolute atomic E-state index is 12.1. The number of nitrogens with zero attached hydrogens (tertiary/aromatic N) is 4. The number of aromatic nitrogens is 2. The Balaban J connectivity index is 1.68. The Bertz CT molecular complexity index is 832. The normalized spacial score (nSPS) is 15.2. The summed E-state index contributed by atoms with van der Waals surface area (Å²) >= 11 is 3.41. The van der Waals surface area contributed by atoms with Crippen molar-refractivity contribution in [3.8, 4) is 11.5 Å². The number of rotatable bonds is 5. The fourth-order valence-corrected chi connectivity index (χ4v) is 3.73. The second kappa shape index (κ2) is 8.09. The lowest BCUT2D eigenvalue weighted by atomic mass is 10.1. The summed E-state index contributed by atoms with van der Waals surface area (Å²) in [4.78, 5) is 16.6. The zero-order valence-corrected chi connectivity index (χ0v) is 16.8. The first kappa shape index (κ1) is 18.7. The Morgan fingerprint density at radius 1 is 1.15 bits per heavy atom. The molecule has 1 aromatic carbocycles. The number of piperazine rings is 1. The summed E-state index contributed by atoms with van der Waals surface area (Å²) in [5, 5.41) is 4.13. The predicted molar refractivity (Wildman–Crippen MR) is 104 cm³/mol. The summed E-state index contributed by atoms with van der Waals surface area (Å²) in [6.07, 6.45) is 1.74. The van der Waals surface area contributed by atoms with Crippen LogP contribution in [0.2, 0.25) is 0 Å². The SMILES string of the molecule is COc1ccc(OC)c(CN2CCN(c3cnn(C)c(=O)c3Br)CC2)c1. The van der Waals surface area contributed by atoms with E-state index in [-0.39, 0.29) is 5.56 Å². The molecular weight excluding hydrogens is 400 g/mol. The maximum Gasteiger partial charge on any atom is 0.282 e. The molecule has 0 bridgehead atoms. The number of hydrogen-bond donors (Lipinski definition) is 0. The molecule has 0 radical (unpaired) electrons. The third-order valence-electron chi connectivity index (χ3n) is 4.65. The molecule has 0 N–H and O–H groups in total. The summed E-state index contributed by atoms with van der Waals surface area (Å²) in [7, 11) is 5.00. The highest BCUT2D eigenvalue weighted by Crippen LogP contribution is 2.27. The third kappa shape index (κ3) is 3.86. The molecule has 0 unspecified atom stereocenters. The first-order valence-corrected chi connectivity index (χ1v) is 9.22. The van der Waals surface area contributed by atoms with Gasteiger partial charge in [-0.1, -0.05) is 0 Å². The van der Waals surface area contributed by atoms with Gasteiger partial charge in [-0.15, -0.1) is 0 Å². The van der Waals surface area contributed by atoms with Gasteiger partial charge >= 0.3 is 0 Å². The van der Waals surface area contributed by atoms with Gasteiger partial charge in [-0.25, -0.2) is 4.68 Å². The molecule has 8 heteroatoms. The van der Waals surface area contributed by atoms with Crippen LogP contribution in [-0.2, 0) is 13.6 Å². The molecule has 26 heavy (non-hydrogen) atoms. The van der Waals surface area contributed by atoms with Crippen LogP contribution in [0.15, 0.2) is 33.7 Å². The van der Waals surface area contributed by atoms with Gasteiger partial charge in [0.1, 0.15) is 16.0 Å². The van der Waals surface area contributed by atoms with Gasteiger partial charge < -0.3 is 14.4 Å². The first-order chi connectivity index (χ1) is 12.5. The number of hydrogen-bond acceptors (Lipinski definition) is 6. The largest absolute Gasteiger partial charge is 0.497 e. The quantitative estimate of drug-likeness (QED) is 0.732. The Labute approximate surface area is 161 Å². The summed E-state index contributed by atoms with van der Waals surface area (Å²) in [5.41, 5.74) is 1.84. The minimum atomic E-state index is -0.119. The van der Waals surface area contributed by atoms with Crippen LogP contribution >= 0.6 is 15.9 Å². The Kier molecular flexibility index (Phi) is 5.83. The van der Waals surface area contributed by atoms with Gasteiger partial charge in [-0.2, -0.15) is 5.10 Å². The van der Waals surface area contributed by atoms with E-state index >= 15 is 0 Å². The fourth-order valence-electron chi connectivity index (χ4n) is 3.12. The van der Waals surface area contributed by atoms with E-state index in [4.69, 9.17) is 9.47 Å². The van der Waals surface area contributed by atoms with Crippen molar-refractivity contribution in [1.29, 1.82) is 0 Å². The molecule has 2 aromatic rings. The van der Waals surface area contributed by atoms with Crippen LogP contribution < -0.4 is 19.9 Å². The van der Waals surface area contributed by atoms with Crippen molar-refractivity contribution in [3.63, 3.8) is 0 Å². The molecule has 7 nitrogen and oxygen atoms in total. The molecule has 0 saturated carbocycles. The van der Waals surface area contributed by atoms with Crippen molar-refractivity contribution in [2.75, 3.05) is 45.3 Å². The highest BCUT2D eigenvalue weighted by Gasteiger charge is 2.21. The van der Waals surface area contributed by atoms with Crippen molar-refractivity contribution in [2.45, 2.75) is 6.54 Å². The highest BCUT2D eigenvalue weighted by atomic mass is 79.9. The van der Waals surface area contributed by atoms with Crippen LogP contribution in [0.5, 0.6) is 11.5 Å². The third-order valence-corrected chi connectivity index (χ3v) is 5.40. The molecule has 0 spiro atoms. The summed E-state index contributed by atoms with van der Waals surface area (Å²) < 4.78 is 12.7. The Morgan fingerprint density at radius 2 is 1.88 bits per heavy atom. The van der Waals surface area contributed by atoms with E-state index in [1.54, 1.807) is 27.5 Å². The molecule has 3 rings (SSSR count). The molecule has 1 saturated heterocycles. The Hall–Kier alpha value is -2.06. The number of halogens is 1. The van der Waals surface area contributed by atoms with Gasteiger partial charge in [-0.05, 0) is 34.1 Å². The molecule has 1 aliphatic heterocycles. The summed E-state index contributed by atoms with van der Waals surface area (Å²) in [6.45, 7) is 4.24. The molecule has 1 aromatic heterocycles. The van der Waals surface area contributed by atoms with Crippen LogP contribution in [0.3, 0.4) is 0 Å². The zero-order valence-electron chi connectivity index (χ0n) is 15.2. The molecule has 0 aliphatic carbocycles. The van der Waals surface area contributed by atoms with Gasteiger partial charge in [-0.3, -0.25) is 9.69 Å². The number of ether oxygens (including phenoxy) is 2. The van der Waals surface area contributed by atoms with Crippen molar-refractivity contribution in [1.82, 2.24) is 14.7 Å². The van der Waals surface area contributed by atoms with E-state index in [9.17, 15) is 4.79 Å². The van der Waals surface area contributed by atoms with Crippen LogP contribution in [0.25, 0.3) is 0 Å². The number of methoxy groups -OCH3 is 2. The van der Waals surface area contributed by atoms with Crippen molar-refractivity contribution in [3.05, 3.63) is 44.8 Å². The average Bonchev–Trinajstić information content (AvgIpc) is 2.67. The van der Waals surface area contributed by atoms with Gasteiger partial charge in [0.2, 0.25) is 0 Å². The van der Waals surface area contributed by atoms with Crippen molar-refractivity contribution in [2.24, 2.45) is 7.05 Å². The van der Waals surface area contributed by atoms with Gasteiger partial charge in [0.15, 0.2) is 0 Å². The van der Waals surface area contributed by atoms with E-state index in [0.29, 0.717) is 4.47 Å². The topological polar surface area (TPSA) is 59.8 Å². The molecule has 0 amide bonds. The minimum Gasteiger partial charge on any atom is -0.497 e. The number of anilines is 1. The second-order valence-corrected chi connectivity index (χ2v) is 7.01. The number of aryl methyl sites for hydroxylation is 1. The van der Waals surface area contributed by atoms with Gasteiger partial charge in [0.25, 0.3) is 5.56 Å². The van der Waals surface area contributed by atoms with Gasteiger partial charge in [0, 0.05) is 45.3 Å². The van der Waals surface area contributed by atoms with E-state index < -0.39 is 0 Å². The van der Waals surface area contributed by atoms with Crippen molar-refractivity contribution >= 4 is 21.6 Å². The summed E-state index contributed by atoms with van der Waals surface area (Å²) in [5.74, 6) is 1.70. The number of benzene rings is 1. The monoisotopic (exact) mass is 422 g/mol. The Morgan fingerprint density at radius 3 is 2.54 bits per heavy atom. The average molecular weight is 423 g/mol. The second-order valence-electron chi connectivity index (χ2n) is 6.21. The van der Waals surface area contributed by atoms with Crippen LogP contribution in [0, 0.1) is 0 Å². The lowest BCUT2D eigenvalue weighted by Crippen LogP contribution is -2.46. The van der Waals surface area contributed by atoms with Crippen LogP contribution in [-0.4, -0.2) is 55.1 Å². The lowest BCUT2D eigenvalue weighted by Gasteiger charge is -2.36. The molecule has 1 aliphatic rings. The molecule has 2 heterocycles. The standard InChI is InChI=1S/C18H23BrN4O3/c1-21-18(24)17(19)15(11-20-21)23-8-6-22(7-9-23)12-13-10-14(25-2)4-5-16(13)26-3/h4-5,10-11H,6-9,12H2,1-3H3. The van der Waals surface area contributed by atoms with E-state index in [1.807, 2.05) is 18.2 Å². The minimum absolute atomic E-state index is 0.119. The summed E-state index contributed by atoms with van der Waals surface area (Å²) in [6, 6.07) is 5.86. The zero-order chi connectivity index (χ0) is 18.7. The van der Waals surface area contributed by atoms with Crippen molar-refractivity contribution < 1.29 is 9.47 Å². The smallest absolute Gasteiger partial charge is 0.282 e. The van der Waals surface area contributed by atoms with Crippen LogP contribution in [0.4, 0.5) is 5.69 Å². The maximum atomic E-state index is 12.1. The molecule has 140 valence electrons. The fraction of sp³-hybridized carbons (Fsp3) is 0.444. The van der Waals surface area contributed by atoms with E-state index in [1.165, 1.54) is 4.68 Å². The molecule has 0 atom stereocenters. The van der Waals surface area contributed by atoms with Crippen LogP contribution in [0.1, 0.15) is 5.56 Å². The lowest BCUT2D eigenvalue weighted by molar-refractivity contribution is 0.245. The highest BCUT2D eigenvalue weighted by molar-refractivity contribution is 9.10. The first-order valence-electron chi connectivity index (χ1n) is 8.43. The molecule has 1 fully saturated rings.